The van der Waals surface area contributed by atoms with Gasteiger partial charge in [-0.1, -0.05) is 47.6 Å². The highest BCUT2D eigenvalue weighted by atomic mass is 35.5. The van der Waals surface area contributed by atoms with Crippen LogP contribution in [0.2, 0.25) is 5.15 Å². The van der Waals surface area contributed by atoms with Gasteiger partial charge in [0.15, 0.2) is 5.16 Å². The predicted molar refractivity (Wildman–Crippen MR) is 144 cm³/mol. The maximum absolute atomic E-state index is 14.1. The Bertz CT molecular complexity index is 1200. The third-order valence-electron chi connectivity index (χ3n) is 6.67. The van der Waals surface area contributed by atoms with Gasteiger partial charge in [0.25, 0.3) is 5.91 Å². The maximum atomic E-state index is 14.1. The number of thioether (sulfide) groups is 1. The van der Waals surface area contributed by atoms with Crippen molar-refractivity contribution in [3.05, 3.63) is 76.7 Å². The van der Waals surface area contributed by atoms with Crippen molar-refractivity contribution < 1.29 is 9.18 Å². The van der Waals surface area contributed by atoms with E-state index in [4.69, 9.17) is 16.6 Å². The zero-order valence-corrected chi connectivity index (χ0v) is 21.6. The van der Waals surface area contributed by atoms with Crippen molar-refractivity contribution in [2.75, 3.05) is 49.1 Å². The molecule has 188 valence electrons. The van der Waals surface area contributed by atoms with Crippen molar-refractivity contribution in [1.29, 1.82) is 0 Å². The van der Waals surface area contributed by atoms with Crippen LogP contribution in [0.25, 0.3) is 0 Å². The number of carbonyl (C=O) groups excluding carboxylic acids is 1. The quantitative estimate of drug-likeness (QED) is 0.240. The summed E-state index contributed by atoms with van der Waals surface area (Å²) in [6.45, 7) is 4.36. The fourth-order valence-corrected chi connectivity index (χ4v) is 5.70. The van der Waals surface area contributed by atoms with E-state index in [9.17, 15) is 9.18 Å². The number of halogens is 2. The zero-order valence-electron chi connectivity index (χ0n) is 20.1. The highest BCUT2D eigenvalue weighted by molar-refractivity contribution is 7.98. The smallest absolute Gasteiger partial charge is 0.253 e. The number of carbonyl (C=O) groups is 1. The van der Waals surface area contributed by atoms with Crippen molar-refractivity contribution >= 4 is 40.8 Å². The van der Waals surface area contributed by atoms with E-state index in [2.05, 4.69) is 9.88 Å². The van der Waals surface area contributed by atoms with Gasteiger partial charge in [0, 0.05) is 56.7 Å². The Labute approximate surface area is 220 Å². The van der Waals surface area contributed by atoms with Crippen LogP contribution in [-0.2, 0) is 5.75 Å². The molecule has 0 bridgehead atoms. The molecule has 0 saturated carbocycles. The minimum Gasteiger partial charge on any atom is -0.366 e. The molecule has 5 rings (SSSR count). The van der Waals surface area contributed by atoms with Crippen LogP contribution in [0.5, 0.6) is 0 Å². The van der Waals surface area contributed by atoms with Crippen LogP contribution in [-0.4, -0.2) is 60.0 Å². The minimum absolute atomic E-state index is 0.00624. The summed E-state index contributed by atoms with van der Waals surface area (Å²) in [6, 6.07) is 16.3. The van der Waals surface area contributed by atoms with Gasteiger partial charge in [0.1, 0.15) is 16.8 Å². The second-order valence-corrected chi connectivity index (χ2v) is 10.4. The molecular formula is C27H29ClFN5OS. The number of aromatic nitrogens is 2. The average Bonchev–Trinajstić information content (AvgIpc) is 2.92. The topological polar surface area (TPSA) is 52.6 Å². The van der Waals surface area contributed by atoms with E-state index in [1.54, 1.807) is 23.9 Å². The van der Waals surface area contributed by atoms with Crippen molar-refractivity contribution in [2.45, 2.75) is 30.2 Å². The van der Waals surface area contributed by atoms with E-state index in [-0.39, 0.29) is 11.7 Å². The molecule has 0 aliphatic carbocycles. The van der Waals surface area contributed by atoms with Crippen LogP contribution in [0.4, 0.5) is 15.9 Å². The Morgan fingerprint density at radius 1 is 0.889 bits per heavy atom. The Morgan fingerprint density at radius 3 is 2.33 bits per heavy atom. The average molecular weight is 526 g/mol. The molecule has 0 unspecified atom stereocenters. The van der Waals surface area contributed by atoms with E-state index in [1.807, 2.05) is 46.2 Å². The normalized spacial score (nSPS) is 16.3. The van der Waals surface area contributed by atoms with Crippen molar-refractivity contribution in [1.82, 2.24) is 14.9 Å². The number of amides is 1. The first-order valence-corrected chi connectivity index (χ1v) is 13.7. The van der Waals surface area contributed by atoms with Crippen molar-refractivity contribution in [3.63, 3.8) is 0 Å². The number of nitrogens with zero attached hydrogens (tertiary/aromatic N) is 5. The fourth-order valence-electron chi connectivity index (χ4n) is 4.67. The third-order valence-corrected chi connectivity index (χ3v) is 7.78. The number of para-hydroxylation sites is 1. The highest BCUT2D eigenvalue weighted by Crippen LogP contribution is 2.27. The van der Waals surface area contributed by atoms with Gasteiger partial charge in [-0.05, 0) is 49.1 Å². The third kappa shape index (κ3) is 5.93. The van der Waals surface area contributed by atoms with Gasteiger partial charge in [-0.3, -0.25) is 4.79 Å². The van der Waals surface area contributed by atoms with E-state index in [0.29, 0.717) is 53.5 Å². The molecule has 2 aliphatic rings. The first kappa shape index (κ1) is 24.8. The zero-order chi connectivity index (χ0) is 24.9. The van der Waals surface area contributed by atoms with Crippen LogP contribution in [0.1, 0.15) is 35.2 Å². The largest absolute Gasteiger partial charge is 0.366 e. The summed E-state index contributed by atoms with van der Waals surface area (Å²) in [4.78, 5) is 28.2. The number of rotatable bonds is 6. The van der Waals surface area contributed by atoms with Crippen molar-refractivity contribution in [3.8, 4) is 0 Å². The monoisotopic (exact) mass is 525 g/mol. The second-order valence-electron chi connectivity index (χ2n) is 9.10. The molecule has 2 aliphatic heterocycles. The number of piperazine rings is 1. The lowest BCUT2D eigenvalue weighted by molar-refractivity contribution is 0.0746. The van der Waals surface area contributed by atoms with Crippen LogP contribution < -0.4 is 9.80 Å². The van der Waals surface area contributed by atoms with E-state index < -0.39 is 0 Å². The fraction of sp³-hybridized carbons (Fsp3) is 0.370. The Balaban J connectivity index is 1.16. The van der Waals surface area contributed by atoms with E-state index in [1.165, 1.54) is 25.3 Å². The molecule has 2 saturated heterocycles. The van der Waals surface area contributed by atoms with Crippen LogP contribution in [0.3, 0.4) is 0 Å². The lowest BCUT2D eigenvalue weighted by atomic mass is 10.1. The molecule has 36 heavy (non-hydrogen) atoms. The molecule has 0 atom stereocenters. The van der Waals surface area contributed by atoms with Gasteiger partial charge in [-0.2, -0.15) is 0 Å². The molecule has 0 radical (unpaired) electrons. The number of anilines is 2. The van der Waals surface area contributed by atoms with E-state index >= 15 is 0 Å². The SMILES string of the molecule is O=C(c1ccc(CSc2nc(Cl)cc(N3CCCCC3)n2)cc1)N1CCN(c2ccccc2F)CC1. The minimum atomic E-state index is -0.225. The first-order valence-electron chi connectivity index (χ1n) is 12.4. The molecule has 0 spiro atoms. The Hall–Kier alpha value is -2.84. The molecule has 1 amide bonds. The summed E-state index contributed by atoms with van der Waals surface area (Å²) < 4.78 is 14.1. The van der Waals surface area contributed by atoms with Gasteiger partial charge >= 0.3 is 0 Å². The van der Waals surface area contributed by atoms with Crippen LogP contribution in [0.15, 0.2) is 59.8 Å². The summed E-state index contributed by atoms with van der Waals surface area (Å²) >= 11 is 7.82. The van der Waals surface area contributed by atoms with Crippen LogP contribution in [0, 0.1) is 5.82 Å². The van der Waals surface area contributed by atoms with Gasteiger partial charge in [0.2, 0.25) is 0 Å². The summed E-state index contributed by atoms with van der Waals surface area (Å²) in [7, 11) is 0. The number of hydrogen-bond donors (Lipinski definition) is 0. The molecule has 3 heterocycles. The molecule has 9 heteroatoms. The molecule has 2 aromatic carbocycles. The Morgan fingerprint density at radius 2 is 1.61 bits per heavy atom. The maximum Gasteiger partial charge on any atom is 0.253 e. The van der Waals surface area contributed by atoms with Gasteiger partial charge < -0.3 is 14.7 Å². The summed E-state index contributed by atoms with van der Waals surface area (Å²) in [5.74, 6) is 1.37. The molecule has 3 aromatic rings. The van der Waals surface area contributed by atoms with Gasteiger partial charge in [0.05, 0.1) is 5.69 Å². The van der Waals surface area contributed by atoms with E-state index in [0.717, 1.165) is 24.5 Å². The number of hydrogen-bond acceptors (Lipinski definition) is 6. The van der Waals surface area contributed by atoms with Gasteiger partial charge in [-0.15, -0.1) is 0 Å². The molecule has 0 N–H and O–H groups in total. The number of piperidine rings is 1. The standard InChI is InChI=1S/C27H29ClFN5OS/c28-24-18-25(33-12-4-1-5-13-33)31-27(30-24)36-19-20-8-10-21(11-9-20)26(35)34-16-14-32(15-17-34)23-7-3-2-6-22(23)29/h2-3,6-11,18H,1,4-5,12-17,19H2. The van der Waals surface area contributed by atoms with Crippen LogP contribution >= 0.6 is 23.4 Å². The molecular weight excluding hydrogens is 497 g/mol. The lowest BCUT2D eigenvalue weighted by Crippen LogP contribution is -2.49. The van der Waals surface area contributed by atoms with Crippen molar-refractivity contribution in [2.24, 2.45) is 0 Å². The first-order chi connectivity index (χ1) is 17.6. The summed E-state index contributed by atoms with van der Waals surface area (Å²) in [5, 5.41) is 1.13. The summed E-state index contributed by atoms with van der Waals surface area (Å²) in [6.07, 6.45) is 3.62. The highest BCUT2D eigenvalue weighted by Gasteiger charge is 2.23. The Kier molecular flexibility index (Phi) is 7.92. The van der Waals surface area contributed by atoms with Gasteiger partial charge in [-0.25, -0.2) is 14.4 Å². The number of benzene rings is 2. The molecule has 1 aromatic heterocycles. The second kappa shape index (κ2) is 11.5. The molecule has 2 fully saturated rings. The molecule has 6 nitrogen and oxygen atoms in total. The predicted octanol–water partition coefficient (Wildman–Crippen LogP) is 5.51. The lowest BCUT2D eigenvalue weighted by Gasteiger charge is -2.36. The summed E-state index contributed by atoms with van der Waals surface area (Å²) in [5.41, 5.74) is 2.34.